The first-order chi connectivity index (χ1) is 10.0. The standard InChI is InChI=1S/C13H20N4O4/c1-8-5-10(21-11(8)12(18)16-14)7-17-4-3-9(6-17)15-13(19)20-2/h5,9H,3-4,6-7,14H2,1-2H3,(H,15,19)(H,16,18). The molecule has 2 heterocycles. The summed E-state index contributed by atoms with van der Waals surface area (Å²) in [6, 6.07) is 1.89. The van der Waals surface area contributed by atoms with Crippen molar-refractivity contribution in [2.45, 2.75) is 25.9 Å². The van der Waals surface area contributed by atoms with E-state index in [0.29, 0.717) is 18.8 Å². The van der Waals surface area contributed by atoms with E-state index in [1.807, 2.05) is 6.07 Å². The molecule has 1 aromatic heterocycles. The van der Waals surface area contributed by atoms with Crippen LogP contribution in [0.25, 0.3) is 0 Å². The monoisotopic (exact) mass is 296 g/mol. The molecule has 0 saturated carbocycles. The molecule has 1 aliphatic heterocycles. The molecule has 1 saturated heterocycles. The van der Waals surface area contributed by atoms with Gasteiger partial charge in [0.1, 0.15) is 5.76 Å². The van der Waals surface area contributed by atoms with Crippen LogP contribution in [0.3, 0.4) is 0 Å². The summed E-state index contributed by atoms with van der Waals surface area (Å²) in [4.78, 5) is 24.8. The first-order valence-electron chi connectivity index (χ1n) is 6.70. The number of ether oxygens (including phenoxy) is 1. The van der Waals surface area contributed by atoms with E-state index < -0.39 is 12.0 Å². The van der Waals surface area contributed by atoms with E-state index in [0.717, 1.165) is 18.5 Å². The van der Waals surface area contributed by atoms with Gasteiger partial charge in [0.2, 0.25) is 0 Å². The smallest absolute Gasteiger partial charge is 0.407 e. The summed E-state index contributed by atoms with van der Waals surface area (Å²) in [5.41, 5.74) is 2.80. The maximum atomic E-state index is 11.5. The Morgan fingerprint density at radius 1 is 1.57 bits per heavy atom. The summed E-state index contributed by atoms with van der Waals surface area (Å²) >= 11 is 0. The first kappa shape index (κ1) is 15.3. The Balaban J connectivity index is 1.91. The second-order valence-corrected chi connectivity index (χ2v) is 5.05. The maximum Gasteiger partial charge on any atom is 0.407 e. The van der Waals surface area contributed by atoms with Crippen LogP contribution in [0, 0.1) is 6.92 Å². The van der Waals surface area contributed by atoms with Crippen LogP contribution >= 0.6 is 0 Å². The molecule has 2 rings (SSSR count). The Hall–Kier alpha value is -2.06. The minimum atomic E-state index is -0.439. The van der Waals surface area contributed by atoms with Crippen LogP contribution in [-0.4, -0.2) is 43.1 Å². The predicted molar refractivity (Wildman–Crippen MR) is 74.3 cm³/mol. The van der Waals surface area contributed by atoms with Gasteiger partial charge in [-0.25, -0.2) is 10.6 Å². The van der Waals surface area contributed by atoms with Gasteiger partial charge in [-0.1, -0.05) is 0 Å². The number of likely N-dealkylation sites (tertiary alicyclic amines) is 1. The van der Waals surface area contributed by atoms with Gasteiger partial charge in [-0.3, -0.25) is 15.1 Å². The Kier molecular flexibility index (Phi) is 4.81. The van der Waals surface area contributed by atoms with Gasteiger partial charge < -0.3 is 14.5 Å². The van der Waals surface area contributed by atoms with Crippen molar-refractivity contribution in [2.75, 3.05) is 20.2 Å². The van der Waals surface area contributed by atoms with Crippen LogP contribution in [-0.2, 0) is 11.3 Å². The normalized spacial score (nSPS) is 18.5. The number of carbonyl (C=O) groups is 2. The van der Waals surface area contributed by atoms with Gasteiger partial charge in [-0.2, -0.15) is 0 Å². The number of nitrogen functional groups attached to an aromatic ring is 1. The quantitative estimate of drug-likeness (QED) is 0.413. The SMILES string of the molecule is COC(=O)NC1CCN(Cc2cc(C)c(C(=O)NN)o2)C1. The summed E-state index contributed by atoms with van der Waals surface area (Å²) in [6.07, 6.45) is 0.433. The fraction of sp³-hybridized carbons (Fsp3) is 0.538. The highest BCUT2D eigenvalue weighted by Gasteiger charge is 2.25. The molecular weight excluding hydrogens is 276 g/mol. The van der Waals surface area contributed by atoms with E-state index >= 15 is 0 Å². The lowest BCUT2D eigenvalue weighted by atomic mass is 10.2. The summed E-state index contributed by atoms with van der Waals surface area (Å²) < 4.78 is 10.1. The van der Waals surface area contributed by atoms with Crippen molar-refractivity contribution >= 4 is 12.0 Å². The molecule has 2 amide bonds. The van der Waals surface area contributed by atoms with Crippen molar-refractivity contribution in [3.8, 4) is 0 Å². The van der Waals surface area contributed by atoms with Gasteiger partial charge in [0.15, 0.2) is 5.76 Å². The zero-order valence-electron chi connectivity index (χ0n) is 12.1. The van der Waals surface area contributed by atoms with Gasteiger partial charge >= 0.3 is 12.0 Å². The minimum Gasteiger partial charge on any atom is -0.454 e. The molecular formula is C13H20N4O4. The molecule has 0 radical (unpaired) electrons. The summed E-state index contributed by atoms with van der Waals surface area (Å²) in [5, 5.41) is 2.77. The van der Waals surface area contributed by atoms with Gasteiger partial charge in [-0.05, 0) is 19.4 Å². The molecule has 1 unspecified atom stereocenters. The number of hydrogen-bond donors (Lipinski definition) is 3. The fourth-order valence-corrected chi connectivity index (χ4v) is 2.46. The highest BCUT2D eigenvalue weighted by atomic mass is 16.5. The Bertz CT molecular complexity index is 528. The molecule has 1 fully saturated rings. The second kappa shape index (κ2) is 6.59. The van der Waals surface area contributed by atoms with E-state index in [9.17, 15) is 9.59 Å². The number of amides is 2. The molecule has 1 atom stereocenters. The van der Waals surface area contributed by atoms with Crippen LogP contribution in [0.5, 0.6) is 0 Å². The topological polar surface area (TPSA) is 110 Å². The number of furan rings is 1. The molecule has 0 spiro atoms. The van der Waals surface area contributed by atoms with E-state index in [1.165, 1.54) is 7.11 Å². The third-order valence-electron chi connectivity index (χ3n) is 3.47. The molecule has 116 valence electrons. The van der Waals surface area contributed by atoms with E-state index in [2.05, 4.69) is 20.4 Å². The molecule has 8 nitrogen and oxygen atoms in total. The van der Waals surface area contributed by atoms with Crippen LogP contribution in [0.15, 0.2) is 10.5 Å². The highest BCUT2D eigenvalue weighted by Crippen LogP contribution is 2.19. The number of hydrazine groups is 1. The van der Waals surface area contributed by atoms with Gasteiger partial charge in [0.05, 0.1) is 13.7 Å². The number of alkyl carbamates (subject to hydrolysis) is 1. The van der Waals surface area contributed by atoms with Crippen molar-refractivity contribution in [3.63, 3.8) is 0 Å². The summed E-state index contributed by atoms with van der Waals surface area (Å²) in [5.74, 6) is 5.59. The van der Waals surface area contributed by atoms with Crippen LogP contribution in [0.4, 0.5) is 4.79 Å². The van der Waals surface area contributed by atoms with Crippen molar-refractivity contribution in [1.29, 1.82) is 0 Å². The van der Waals surface area contributed by atoms with Crippen LogP contribution in [0.1, 0.15) is 28.3 Å². The third-order valence-corrected chi connectivity index (χ3v) is 3.47. The number of aryl methyl sites for hydroxylation is 1. The Labute approximate surface area is 122 Å². The van der Waals surface area contributed by atoms with Crippen molar-refractivity contribution in [3.05, 3.63) is 23.2 Å². The average molecular weight is 296 g/mol. The largest absolute Gasteiger partial charge is 0.454 e. The molecule has 1 aliphatic rings. The van der Waals surface area contributed by atoms with Crippen LogP contribution < -0.4 is 16.6 Å². The Morgan fingerprint density at radius 2 is 2.33 bits per heavy atom. The number of methoxy groups -OCH3 is 1. The summed E-state index contributed by atoms with van der Waals surface area (Å²) in [6.45, 7) is 3.93. The molecule has 1 aromatic rings. The third kappa shape index (κ3) is 3.73. The van der Waals surface area contributed by atoms with Crippen molar-refractivity contribution < 1.29 is 18.7 Å². The molecule has 0 aliphatic carbocycles. The lowest BCUT2D eigenvalue weighted by Crippen LogP contribution is -2.36. The lowest BCUT2D eigenvalue weighted by Gasteiger charge is -2.14. The highest BCUT2D eigenvalue weighted by molar-refractivity contribution is 5.92. The van der Waals surface area contributed by atoms with Gasteiger partial charge in [0.25, 0.3) is 0 Å². The lowest BCUT2D eigenvalue weighted by molar-refractivity contribution is 0.0921. The Morgan fingerprint density at radius 3 is 3.00 bits per heavy atom. The number of nitrogens with zero attached hydrogens (tertiary/aromatic N) is 1. The molecule has 0 bridgehead atoms. The summed E-state index contributed by atoms with van der Waals surface area (Å²) in [7, 11) is 1.34. The molecule has 0 aromatic carbocycles. The van der Waals surface area contributed by atoms with Gasteiger partial charge in [-0.15, -0.1) is 0 Å². The van der Waals surface area contributed by atoms with E-state index in [-0.39, 0.29) is 11.8 Å². The molecule has 4 N–H and O–H groups in total. The molecule has 8 heteroatoms. The number of hydrogen-bond acceptors (Lipinski definition) is 6. The van der Waals surface area contributed by atoms with Crippen LogP contribution in [0.2, 0.25) is 0 Å². The zero-order valence-corrected chi connectivity index (χ0v) is 12.1. The van der Waals surface area contributed by atoms with Crippen molar-refractivity contribution in [2.24, 2.45) is 5.84 Å². The maximum absolute atomic E-state index is 11.5. The molecule has 21 heavy (non-hydrogen) atoms. The first-order valence-corrected chi connectivity index (χ1v) is 6.70. The number of nitrogens with one attached hydrogen (secondary N) is 2. The second-order valence-electron chi connectivity index (χ2n) is 5.05. The van der Waals surface area contributed by atoms with Crippen molar-refractivity contribution in [1.82, 2.24) is 15.6 Å². The number of nitrogens with two attached hydrogens (primary N) is 1. The fourth-order valence-electron chi connectivity index (χ4n) is 2.46. The number of rotatable bonds is 4. The predicted octanol–water partition coefficient (Wildman–Crippen LogP) is 0.122. The zero-order chi connectivity index (χ0) is 15.4. The minimum absolute atomic E-state index is 0.0697. The van der Waals surface area contributed by atoms with E-state index in [1.54, 1.807) is 6.92 Å². The average Bonchev–Trinajstić information content (AvgIpc) is 3.05. The number of carbonyl (C=O) groups excluding carboxylic acids is 2. The van der Waals surface area contributed by atoms with E-state index in [4.69, 9.17) is 10.3 Å². The van der Waals surface area contributed by atoms with Gasteiger partial charge in [0, 0.05) is 24.7 Å².